The maximum absolute atomic E-state index is 12.8. The van der Waals surface area contributed by atoms with Crippen molar-refractivity contribution >= 4 is 58.6 Å². The number of carbonyl (C=O) groups is 1. The van der Waals surface area contributed by atoms with Crippen molar-refractivity contribution in [2.24, 2.45) is 5.10 Å². The van der Waals surface area contributed by atoms with Gasteiger partial charge in [0, 0.05) is 10.8 Å². The molecule has 0 spiro atoms. The number of nitrogens with one attached hydrogen (secondary N) is 1. The molecular formula is C18H14ClFN4OS3. The summed E-state index contributed by atoms with van der Waals surface area (Å²) in [7, 11) is 0. The molecule has 0 saturated carbocycles. The third-order valence-corrected chi connectivity index (χ3v) is 6.78. The molecule has 0 unspecified atom stereocenters. The average molecular weight is 453 g/mol. The lowest BCUT2D eigenvalue weighted by atomic mass is 10.2. The zero-order valence-electron chi connectivity index (χ0n) is 14.3. The summed E-state index contributed by atoms with van der Waals surface area (Å²) in [6, 6.07) is 13.5. The van der Waals surface area contributed by atoms with E-state index >= 15 is 0 Å². The topological polar surface area (TPSA) is 67.2 Å². The van der Waals surface area contributed by atoms with Gasteiger partial charge >= 0.3 is 0 Å². The van der Waals surface area contributed by atoms with E-state index in [-0.39, 0.29) is 17.5 Å². The van der Waals surface area contributed by atoms with Gasteiger partial charge in [-0.25, -0.2) is 9.82 Å². The highest BCUT2D eigenvalue weighted by atomic mass is 35.5. The van der Waals surface area contributed by atoms with Crippen molar-refractivity contribution in [1.82, 2.24) is 15.6 Å². The summed E-state index contributed by atoms with van der Waals surface area (Å²) >= 11 is 10.2. The molecule has 0 aliphatic heterocycles. The molecule has 2 aromatic carbocycles. The zero-order chi connectivity index (χ0) is 19.8. The van der Waals surface area contributed by atoms with E-state index in [4.69, 9.17) is 11.6 Å². The van der Waals surface area contributed by atoms with Gasteiger partial charge in [-0.15, -0.1) is 10.2 Å². The Morgan fingerprint density at radius 2 is 1.79 bits per heavy atom. The molecule has 0 aliphatic rings. The van der Waals surface area contributed by atoms with E-state index < -0.39 is 0 Å². The third kappa shape index (κ3) is 6.90. The van der Waals surface area contributed by atoms with Crippen LogP contribution in [0.15, 0.2) is 62.3 Å². The Morgan fingerprint density at radius 1 is 1.11 bits per heavy atom. The highest BCUT2D eigenvalue weighted by molar-refractivity contribution is 8.03. The summed E-state index contributed by atoms with van der Waals surface area (Å²) in [5.41, 5.74) is 4.28. The van der Waals surface area contributed by atoms with Crippen molar-refractivity contribution in [3.05, 3.63) is 70.5 Å². The van der Waals surface area contributed by atoms with Crippen LogP contribution >= 0.6 is 46.5 Å². The molecule has 5 nitrogen and oxygen atoms in total. The summed E-state index contributed by atoms with van der Waals surface area (Å²) in [4.78, 5) is 11.8. The Labute approximate surface area is 178 Å². The highest BCUT2D eigenvalue weighted by Gasteiger charge is 2.08. The molecule has 1 heterocycles. The van der Waals surface area contributed by atoms with Crippen LogP contribution in [0.3, 0.4) is 0 Å². The Bertz CT molecular complexity index is 948. The van der Waals surface area contributed by atoms with E-state index in [1.807, 2.05) is 24.3 Å². The second-order valence-electron chi connectivity index (χ2n) is 5.38. The van der Waals surface area contributed by atoms with Crippen molar-refractivity contribution in [3.8, 4) is 0 Å². The van der Waals surface area contributed by atoms with Crippen molar-refractivity contribution in [3.63, 3.8) is 0 Å². The molecule has 0 fully saturated rings. The minimum Gasteiger partial charge on any atom is -0.272 e. The van der Waals surface area contributed by atoms with Gasteiger partial charge in [-0.1, -0.05) is 70.7 Å². The molecule has 1 amide bonds. The Kier molecular flexibility index (Phi) is 7.84. The van der Waals surface area contributed by atoms with Gasteiger partial charge < -0.3 is 0 Å². The van der Waals surface area contributed by atoms with Crippen LogP contribution < -0.4 is 5.43 Å². The molecule has 1 aromatic heterocycles. The SMILES string of the molecule is O=C(CSc1nnc(SCc2ccc(Cl)cc2)s1)N/N=C\c1ccc(F)cc1. The lowest BCUT2D eigenvalue weighted by Gasteiger charge is -1.98. The maximum atomic E-state index is 12.8. The summed E-state index contributed by atoms with van der Waals surface area (Å²) < 4.78 is 14.4. The van der Waals surface area contributed by atoms with Crippen LogP contribution in [0.1, 0.15) is 11.1 Å². The van der Waals surface area contributed by atoms with Gasteiger partial charge in [0.15, 0.2) is 8.68 Å². The number of benzene rings is 2. The van der Waals surface area contributed by atoms with Crippen molar-refractivity contribution in [2.75, 3.05) is 5.75 Å². The summed E-state index contributed by atoms with van der Waals surface area (Å²) in [6.45, 7) is 0. The Balaban J connectivity index is 1.40. The van der Waals surface area contributed by atoms with Crippen LogP contribution in [0.25, 0.3) is 0 Å². The van der Waals surface area contributed by atoms with Gasteiger partial charge in [0.2, 0.25) is 0 Å². The lowest BCUT2D eigenvalue weighted by Crippen LogP contribution is -2.19. The minimum atomic E-state index is -0.319. The molecule has 28 heavy (non-hydrogen) atoms. The molecule has 3 rings (SSSR count). The smallest absolute Gasteiger partial charge is 0.250 e. The first-order chi connectivity index (χ1) is 13.6. The second kappa shape index (κ2) is 10.6. The largest absolute Gasteiger partial charge is 0.272 e. The van der Waals surface area contributed by atoms with E-state index in [1.54, 1.807) is 23.9 Å². The van der Waals surface area contributed by atoms with Gasteiger partial charge in [0.25, 0.3) is 5.91 Å². The highest BCUT2D eigenvalue weighted by Crippen LogP contribution is 2.30. The van der Waals surface area contributed by atoms with E-state index in [0.717, 1.165) is 20.0 Å². The lowest BCUT2D eigenvalue weighted by molar-refractivity contribution is -0.118. The number of amides is 1. The van der Waals surface area contributed by atoms with Crippen LogP contribution in [0.5, 0.6) is 0 Å². The maximum Gasteiger partial charge on any atom is 0.250 e. The molecule has 0 bridgehead atoms. The summed E-state index contributed by atoms with van der Waals surface area (Å²) in [5.74, 6) is 0.376. The van der Waals surface area contributed by atoms with Gasteiger partial charge in [-0.3, -0.25) is 4.79 Å². The average Bonchev–Trinajstić information content (AvgIpc) is 3.15. The molecule has 0 atom stereocenters. The first-order valence-electron chi connectivity index (χ1n) is 7.99. The van der Waals surface area contributed by atoms with Gasteiger partial charge in [-0.05, 0) is 35.4 Å². The molecular weight excluding hydrogens is 439 g/mol. The number of nitrogens with zero attached hydrogens (tertiary/aromatic N) is 3. The quantitative estimate of drug-likeness (QED) is 0.300. The predicted molar refractivity (Wildman–Crippen MR) is 114 cm³/mol. The fourth-order valence-corrected chi connectivity index (χ4v) is 4.82. The number of halogens is 2. The Morgan fingerprint density at radius 3 is 2.50 bits per heavy atom. The van der Waals surface area contributed by atoms with Crippen molar-refractivity contribution in [2.45, 2.75) is 14.4 Å². The Hall–Kier alpha value is -1.94. The number of rotatable bonds is 8. The monoisotopic (exact) mass is 452 g/mol. The van der Waals surface area contributed by atoms with Crippen LogP contribution in [0, 0.1) is 5.82 Å². The normalized spacial score (nSPS) is 11.1. The summed E-state index contributed by atoms with van der Waals surface area (Å²) in [5, 5.41) is 12.8. The number of thioether (sulfide) groups is 2. The molecule has 144 valence electrons. The van der Waals surface area contributed by atoms with Crippen LogP contribution in [0.4, 0.5) is 4.39 Å². The fourth-order valence-electron chi connectivity index (χ4n) is 1.93. The summed E-state index contributed by atoms with van der Waals surface area (Å²) in [6.07, 6.45) is 1.46. The predicted octanol–water partition coefficient (Wildman–Crippen LogP) is 4.87. The van der Waals surface area contributed by atoms with Gasteiger partial charge in [0.05, 0.1) is 12.0 Å². The second-order valence-corrected chi connectivity index (χ2v) is 9.24. The van der Waals surface area contributed by atoms with Crippen LogP contribution in [-0.4, -0.2) is 28.1 Å². The van der Waals surface area contributed by atoms with E-state index in [2.05, 4.69) is 20.7 Å². The van der Waals surface area contributed by atoms with E-state index in [9.17, 15) is 9.18 Å². The van der Waals surface area contributed by atoms with Crippen molar-refractivity contribution < 1.29 is 9.18 Å². The standard InChI is InChI=1S/C18H14ClFN4OS3/c19-14-5-1-13(2-6-14)10-26-17-23-24-18(28-17)27-11-16(25)22-21-9-12-3-7-15(20)8-4-12/h1-9H,10-11H2,(H,22,25)/b21-9-. The molecule has 1 N–H and O–H groups in total. The van der Waals surface area contributed by atoms with Crippen molar-refractivity contribution in [1.29, 1.82) is 0 Å². The van der Waals surface area contributed by atoms with Gasteiger partial charge in [-0.2, -0.15) is 5.10 Å². The first kappa shape index (κ1) is 20.8. The number of carbonyl (C=O) groups excluding carboxylic acids is 1. The van der Waals surface area contributed by atoms with Crippen LogP contribution in [-0.2, 0) is 10.5 Å². The number of aromatic nitrogens is 2. The third-order valence-electron chi connectivity index (χ3n) is 3.26. The first-order valence-corrected chi connectivity index (χ1v) is 11.2. The van der Waals surface area contributed by atoms with E-state index in [1.165, 1.54) is 41.4 Å². The number of hydrogen-bond acceptors (Lipinski definition) is 7. The van der Waals surface area contributed by atoms with E-state index in [0.29, 0.717) is 10.6 Å². The fraction of sp³-hybridized carbons (Fsp3) is 0.111. The van der Waals surface area contributed by atoms with Gasteiger partial charge in [0.1, 0.15) is 5.82 Å². The molecule has 3 aromatic rings. The molecule has 0 radical (unpaired) electrons. The molecule has 10 heteroatoms. The molecule has 0 saturated heterocycles. The zero-order valence-corrected chi connectivity index (χ0v) is 17.5. The number of hydrogen-bond donors (Lipinski definition) is 1. The number of hydrazone groups is 1. The molecule has 0 aliphatic carbocycles. The minimum absolute atomic E-state index is 0.178. The van der Waals surface area contributed by atoms with Crippen LogP contribution in [0.2, 0.25) is 5.02 Å².